The van der Waals surface area contributed by atoms with Crippen molar-refractivity contribution >= 4 is 27.7 Å². The quantitative estimate of drug-likeness (QED) is 0.842. The van der Waals surface area contributed by atoms with E-state index >= 15 is 0 Å². The molecule has 2 aliphatic rings. The molecule has 9 heteroatoms. The zero-order valence-electron chi connectivity index (χ0n) is 12.4. The Bertz CT molecular complexity index is 667. The van der Waals surface area contributed by atoms with E-state index in [-0.39, 0.29) is 29.9 Å². The number of amides is 1. The second-order valence-corrected chi connectivity index (χ2v) is 8.42. The lowest BCUT2D eigenvalue weighted by atomic mass is 10.2. The molecule has 23 heavy (non-hydrogen) atoms. The Labute approximate surface area is 139 Å². The molecular formula is C14H18FN3O3S2. The van der Waals surface area contributed by atoms with Gasteiger partial charge in [-0.25, -0.2) is 12.8 Å². The highest BCUT2D eigenvalue weighted by Crippen LogP contribution is 2.19. The third-order valence-electron chi connectivity index (χ3n) is 4.02. The summed E-state index contributed by atoms with van der Waals surface area (Å²) in [5.74, 6) is 1.09. The number of nitrogens with zero attached hydrogens (tertiary/aromatic N) is 2. The number of benzene rings is 1. The minimum atomic E-state index is -3.64. The summed E-state index contributed by atoms with van der Waals surface area (Å²) in [4.78, 5) is 14.1. The number of nitrogens with one attached hydrogen (secondary N) is 1. The zero-order chi connectivity index (χ0) is 16.4. The van der Waals surface area contributed by atoms with Gasteiger partial charge in [0.2, 0.25) is 15.9 Å². The normalized spacial score (nSPS) is 23.2. The number of sulfonamides is 1. The lowest BCUT2D eigenvalue weighted by Crippen LogP contribution is -2.54. The molecule has 2 heterocycles. The molecule has 0 spiro atoms. The topological polar surface area (TPSA) is 69.7 Å². The number of rotatable bonds is 3. The summed E-state index contributed by atoms with van der Waals surface area (Å²) in [6, 6.07) is 4.64. The summed E-state index contributed by atoms with van der Waals surface area (Å²) < 4.78 is 39.3. The van der Waals surface area contributed by atoms with Gasteiger partial charge in [-0.3, -0.25) is 10.1 Å². The van der Waals surface area contributed by atoms with Crippen molar-refractivity contribution in [2.75, 3.05) is 37.8 Å². The van der Waals surface area contributed by atoms with E-state index in [0.29, 0.717) is 13.1 Å². The maximum Gasteiger partial charge on any atom is 0.243 e. The summed E-state index contributed by atoms with van der Waals surface area (Å²) in [5.41, 5.74) is 0. The van der Waals surface area contributed by atoms with Crippen LogP contribution >= 0.6 is 11.8 Å². The molecule has 0 radical (unpaired) electrons. The van der Waals surface area contributed by atoms with E-state index in [1.54, 1.807) is 16.7 Å². The Morgan fingerprint density at radius 3 is 2.39 bits per heavy atom. The first-order chi connectivity index (χ1) is 11.0. The van der Waals surface area contributed by atoms with Gasteiger partial charge in [-0.05, 0) is 24.3 Å². The Balaban J connectivity index is 1.64. The summed E-state index contributed by atoms with van der Waals surface area (Å²) in [5, 5.41) is 3.13. The average Bonchev–Trinajstić information content (AvgIpc) is 3.09. The van der Waals surface area contributed by atoms with Gasteiger partial charge in [0.15, 0.2) is 0 Å². The second-order valence-electron chi connectivity index (χ2n) is 5.46. The molecule has 0 aromatic heterocycles. The third kappa shape index (κ3) is 3.52. The molecule has 0 saturated carbocycles. The van der Waals surface area contributed by atoms with Gasteiger partial charge < -0.3 is 4.90 Å². The standard InChI is InChI=1S/C14H18FN3O3S2/c15-11-1-3-12(4-2-11)23(20,21)18-7-5-17(6-8-18)14(19)13-9-22-10-16-13/h1-4,13,16H,5-10H2. The maximum atomic E-state index is 12.9. The molecule has 2 aliphatic heterocycles. The van der Waals surface area contributed by atoms with Crippen molar-refractivity contribution in [2.45, 2.75) is 10.9 Å². The van der Waals surface area contributed by atoms with E-state index in [2.05, 4.69) is 5.32 Å². The number of thioether (sulfide) groups is 1. The number of carbonyl (C=O) groups excluding carboxylic acids is 1. The lowest BCUT2D eigenvalue weighted by Gasteiger charge is -2.35. The Hall–Kier alpha value is -1.16. The van der Waals surface area contributed by atoms with Gasteiger partial charge in [0.05, 0.1) is 10.9 Å². The fourth-order valence-electron chi connectivity index (χ4n) is 2.68. The van der Waals surface area contributed by atoms with Crippen LogP contribution in [0.25, 0.3) is 0 Å². The van der Waals surface area contributed by atoms with Crippen molar-refractivity contribution < 1.29 is 17.6 Å². The first-order valence-electron chi connectivity index (χ1n) is 7.34. The average molecular weight is 359 g/mol. The van der Waals surface area contributed by atoms with Crippen molar-refractivity contribution in [1.29, 1.82) is 0 Å². The summed E-state index contributed by atoms with van der Waals surface area (Å²) in [7, 11) is -3.64. The van der Waals surface area contributed by atoms with E-state index in [1.165, 1.54) is 16.4 Å². The second kappa shape index (κ2) is 6.76. The van der Waals surface area contributed by atoms with Gasteiger partial charge in [0, 0.05) is 37.8 Å². The first kappa shape index (κ1) is 16.7. The lowest BCUT2D eigenvalue weighted by molar-refractivity contribution is -0.133. The fourth-order valence-corrected chi connectivity index (χ4v) is 5.03. The van der Waals surface area contributed by atoms with E-state index in [0.717, 1.165) is 23.8 Å². The van der Waals surface area contributed by atoms with E-state index in [4.69, 9.17) is 0 Å². The minimum absolute atomic E-state index is 0.0360. The van der Waals surface area contributed by atoms with Gasteiger partial charge in [-0.15, -0.1) is 11.8 Å². The Morgan fingerprint density at radius 2 is 1.83 bits per heavy atom. The van der Waals surface area contributed by atoms with Crippen LogP contribution in [-0.4, -0.2) is 67.4 Å². The minimum Gasteiger partial charge on any atom is -0.339 e. The van der Waals surface area contributed by atoms with Gasteiger partial charge >= 0.3 is 0 Å². The van der Waals surface area contributed by atoms with Crippen LogP contribution in [0.1, 0.15) is 0 Å². The molecule has 2 fully saturated rings. The number of hydrogen-bond donors (Lipinski definition) is 1. The highest BCUT2D eigenvalue weighted by atomic mass is 32.2. The van der Waals surface area contributed by atoms with Crippen molar-refractivity contribution in [3.8, 4) is 0 Å². The highest BCUT2D eigenvalue weighted by molar-refractivity contribution is 7.99. The number of halogens is 1. The van der Waals surface area contributed by atoms with E-state index < -0.39 is 15.8 Å². The number of carbonyl (C=O) groups is 1. The molecule has 1 amide bonds. The van der Waals surface area contributed by atoms with Crippen LogP contribution in [0.2, 0.25) is 0 Å². The molecule has 6 nitrogen and oxygen atoms in total. The van der Waals surface area contributed by atoms with Crippen molar-refractivity contribution in [2.24, 2.45) is 0 Å². The highest BCUT2D eigenvalue weighted by Gasteiger charge is 2.33. The maximum absolute atomic E-state index is 12.9. The molecular weight excluding hydrogens is 341 g/mol. The van der Waals surface area contributed by atoms with Gasteiger partial charge in [-0.1, -0.05) is 0 Å². The smallest absolute Gasteiger partial charge is 0.243 e. The molecule has 1 atom stereocenters. The monoisotopic (exact) mass is 359 g/mol. The number of hydrogen-bond acceptors (Lipinski definition) is 5. The van der Waals surface area contributed by atoms with E-state index in [9.17, 15) is 17.6 Å². The van der Waals surface area contributed by atoms with Crippen LogP contribution in [0.5, 0.6) is 0 Å². The molecule has 2 saturated heterocycles. The molecule has 0 aliphatic carbocycles. The number of piperazine rings is 1. The zero-order valence-corrected chi connectivity index (χ0v) is 14.1. The van der Waals surface area contributed by atoms with Crippen molar-refractivity contribution in [3.05, 3.63) is 30.1 Å². The van der Waals surface area contributed by atoms with Crippen LogP contribution in [0.4, 0.5) is 4.39 Å². The molecule has 0 bridgehead atoms. The van der Waals surface area contributed by atoms with E-state index in [1.807, 2.05) is 0 Å². The van der Waals surface area contributed by atoms with Crippen LogP contribution in [-0.2, 0) is 14.8 Å². The molecule has 3 rings (SSSR count). The van der Waals surface area contributed by atoms with Gasteiger partial charge in [0.1, 0.15) is 5.82 Å². The Kier molecular flexibility index (Phi) is 4.90. The molecule has 1 aromatic carbocycles. The van der Waals surface area contributed by atoms with Crippen molar-refractivity contribution in [1.82, 2.24) is 14.5 Å². The van der Waals surface area contributed by atoms with Crippen LogP contribution in [0.3, 0.4) is 0 Å². The van der Waals surface area contributed by atoms with Crippen LogP contribution in [0, 0.1) is 5.82 Å². The molecule has 1 aromatic rings. The fraction of sp³-hybridized carbons (Fsp3) is 0.500. The SMILES string of the molecule is O=C(C1CSCN1)N1CCN(S(=O)(=O)c2ccc(F)cc2)CC1. The Morgan fingerprint density at radius 1 is 1.17 bits per heavy atom. The third-order valence-corrected chi connectivity index (χ3v) is 6.87. The summed E-state index contributed by atoms with van der Waals surface area (Å²) in [6.45, 7) is 1.26. The van der Waals surface area contributed by atoms with Crippen molar-refractivity contribution in [3.63, 3.8) is 0 Å². The predicted molar refractivity (Wildman–Crippen MR) is 86.0 cm³/mol. The summed E-state index contributed by atoms with van der Waals surface area (Å²) in [6.07, 6.45) is 0. The van der Waals surface area contributed by atoms with Gasteiger partial charge in [-0.2, -0.15) is 4.31 Å². The largest absolute Gasteiger partial charge is 0.339 e. The summed E-state index contributed by atoms with van der Waals surface area (Å²) >= 11 is 1.68. The van der Waals surface area contributed by atoms with Crippen LogP contribution in [0.15, 0.2) is 29.2 Å². The predicted octanol–water partition coefficient (Wildman–Crippen LogP) is 0.321. The van der Waals surface area contributed by atoms with Crippen LogP contribution < -0.4 is 5.32 Å². The molecule has 126 valence electrons. The first-order valence-corrected chi connectivity index (χ1v) is 9.93. The van der Waals surface area contributed by atoms with Gasteiger partial charge in [0.25, 0.3) is 0 Å². The molecule has 1 N–H and O–H groups in total. The molecule has 1 unspecified atom stereocenters.